The number of hydrogen-bond acceptors (Lipinski definition) is 8. The number of imidazole rings is 1. The summed E-state index contributed by atoms with van der Waals surface area (Å²) < 4.78 is 5.80. The lowest BCUT2D eigenvalue weighted by Gasteiger charge is -2.33. The maximum Gasteiger partial charge on any atom is 0.223 e. The van der Waals surface area contributed by atoms with E-state index in [-0.39, 0.29) is 36.3 Å². The van der Waals surface area contributed by atoms with Crippen molar-refractivity contribution in [3.8, 4) is 17.1 Å². The van der Waals surface area contributed by atoms with Crippen molar-refractivity contribution in [2.24, 2.45) is 23.5 Å². The Kier molecular flexibility index (Phi) is 7.43. The predicted octanol–water partition coefficient (Wildman–Crippen LogP) is 2.91. The van der Waals surface area contributed by atoms with E-state index >= 15 is 0 Å². The number of rotatable bonds is 9. The lowest BCUT2D eigenvalue weighted by molar-refractivity contribution is -0.122. The molecule has 2 bridgehead atoms. The van der Waals surface area contributed by atoms with Crippen LogP contribution in [0.1, 0.15) is 30.7 Å². The Bertz CT molecular complexity index is 1440. The summed E-state index contributed by atoms with van der Waals surface area (Å²) in [6.45, 7) is 2.01. The number of aromatic amines is 1. The van der Waals surface area contributed by atoms with Gasteiger partial charge in [-0.3, -0.25) is 4.79 Å². The van der Waals surface area contributed by atoms with E-state index in [0.29, 0.717) is 45.9 Å². The van der Waals surface area contributed by atoms with E-state index in [4.69, 9.17) is 32.2 Å². The molecule has 3 heterocycles. The molecule has 6 rings (SSSR count). The number of fused-ring (bicyclic) bond motifs is 3. The van der Waals surface area contributed by atoms with Crippen molar-refractivity contribution in [3.63, 3.8) is 0 Å². The molecule has 3 aliphatic rings. The van der Waals surface area contributed by atoms with Gasteiger partial charge in [0.1, 0.15) is 17.1 Å². The number of aliphatic hydroxyl groups is 2. The van der Waals surface area contributed by atoms with Gasteiger partial charge in [-0.15, -0.1) is 0 Å². The van der Waals surface area contributed by atoms with Crippen molar-refractivity contribution >= 4 is 34.4 Å². The van der Waals surface area contributed by atoms with Gasteiger partial charge in [-0.05, 0) is 67.8 Å². The van der Waals surface area contributed by atoms with Crippen LogP contribution in [0, 0.1) is 17.8 Å². The van der Waals surface area contributed by atoms with E-state index in [0.717, 1.165) is 37.9 Å². The summed E-state index contributed by atoms with van der Waals surface area (Å²) in [5.74, 6) is 1.46. The van der Waals surface area contributed by atoms with E-state index in [1.54, 1.807) is 13.3 Å². The van der Waals surface area contributed by atoms with Gasteiger partial charge >= 0.3 is 0 Å². The first-order valence-corrected chi connectivity index (χ1v) is 14.2. The molecule has 1 saturated carbocycles. The van der Waals surface area contributed by atoms with Crippen LogP contribution in [-0.2, 0) is 4.79 Å². The number of halogens is 1. The van der Waals surface area contributed by atoms with Crippen LogP contribution in [0.25, 0.3) is 22.6 Å². The molecule has 1 saturated heterocycles. The zero-order valence-corrected chi connectivity index (χ0v) is 23.1. The third-order valence-corrected chi connectivity index (χ3v) is 9.08. The van der Waals surface area contributed by atoms with Crippen LogP contribution in [0.5, 0.6) is 5.75 Å². The molecule has 1 unspecified atom stereocenters. The number of nitrogens with zero attached hydrogens (tertiary/aromatic N) is 3. The number of likely N-dealkylation sites (tertiary alicyclic amines) is 1. The second-order valence-corrected chi connectivity index (χ2v) is 11.6. The predicted molar refractivity (Wildman–Crippen MR) is 153 cm³/mol. The number of carbonyl (C=O) groups is 1. The van der Waals surface area contributed by atoms with Gasteiger partial charge in [0.2, 0.25) is 5.91 Å². The fraction of sp³-hybridized carbons (Fsp3) is 0.483. The van der Waals surface area contributed by atoms with Crippen LogP contribution in [-0.4, -0.2) is 81.5 Å². The number of nitrogens with two attached hydrogens (primary N) is 1. The van der Waals surface area contributed by atoms with Gasteiger partial charge < -0.3 is 35.9 Å². The number of piperidine rings is 1. The highest BCUT2D eigenvalue weighted by Gasteiger charge is 2.47. The number of hydrogen-bond donors (Lipinski definition) is 5. The molecule has 1 aliphatic heterocycles. The number of nitrogens with one attached hydrogen (secondary N) is 2. The maximum absolute atomic E-state index is 12.3. The summed E-state index contributed by atoms with van der Waals surface area (Å²) in [6.07, 6.45) is 7.96. The van der Waals surface area contributed by atoms with Crippen molar-refractivity contribution in [2.45, 2.75) is 37.3 Å². The fourth-order valence-corrected chi connectivity index (χ4v) is 6.94. The molecule has 0 radical (unpaired) electrons. The highest BCUT2D eigenvalue weighted by Crippen LogP contribution is 2.46. The molecular formula is C29H35ClN6O4. The molecule has 2 fully saturated rings. The summed E-state index contributed by atoms with van der Waals surface area (Å²) in [6, 6.07) is 6.07. The second kappa shape index (κ2) is 11.0. The van der Waals surface area contributed by atoms with E-state index in [1.807, 2.05) is 6.07 Å². The number of methoxy groups -OCH3 is 1. The number of carbonyl (C=O) groups excluding carboxylic acids is 1. The molecule has 1 amide bonds. The highest BCUT2D eigenvalue weighted by molar-refractivity contribution is 6.34. The average Bonchev–Trinajstić information content (AvgIpc) is 3.69. The molecule has 11 heteroatoms. The van der Waals surface area contributed by atoms with Crippen molar-refractivity contribution in [3.05, 3.63) is 47.1 Å². The number of benzene rings is 1. The molecule has 5 atom stereocenters. The molecule has 1 aromatic carbocycles. The number of allylic oxidation sites excluding steroid dienone is 1. The van der Waals surface area contributed by atoms with Gasteiger partial charge in [0.25, 0.3) is 0 Å². The minimum absolute atomic E-state index is 0.144. The smallest absolute Gasteiger partial charge is 0.223 e. The topological polar surface area (TPSA) is 150 Å². The van der Waals surface area contributed by atoms with Crippen LogP contribution in [0.3, 0.4) is 0 Å². The SMILES string of the molecule is COc1cc(C2CCN(CC(O)CO)CC2)ccc1-c1nc2ncc(Cl)c(N[C@H]3[C@@H](C(N)=O)[C@@H]4C=C[C@H]3C4)c2[nH]1. The number of anilines is 1. The number of aromatic nitrogens is 3. The maximum atomic E-state index is 12.3. The number of amides is 1. The third-order valence-electron chi connectivity index (χ3n) is 8.79. The Labute approximate surface area is 237 Å². The number of pyridine rings is 1. The van der Waals surface area contributed by atoms with Gasteiger partial charge in [0, 0.05) is 12.6 Å². The molecule has 3 aromatic rings. The number of H-pyrrole nitrogens is 1. The van der Waals surface area contributed by atoms with Crippen LogP contribution in [0.2, 0.25) is 5.02 Å². The quantitative estimate of drug-likeness (QED) is 0.248. The zero-order valence-electron chi connectivity index (χ0n) is 22.4. The van der Waals surface area contributed by atoms with Gasteiger partial charge in [0.05, 0.1) is 48.2 Å². The fourth-order valence-electron chi connectivity index (χ4n) is 6.74. The van der Waals surface area contributed by atoms with Gasteiger partial charge in [0.15, 0.2) is 5.65 Å². The number of ether oxygens (including phenoxy) is 1. The number of β-amino-alcohol motifs (C(OH)–C–C–N with tert-alkyl or cyclic N) is 1. The van der Waals surface area contributed by atoms with E-state index in [2.05, 4.69) is 44.5 Å². The van der Waals surface area contributed by atoms with Crippen LogP contribution >= 0.6 is 11.6 Å². The minimum Gasteiger partial charge on any atom is -0.496 e. The first-order valence-electron chi connectivity index (χ1n) is 13.8. The minimum atomic E-state index is -0.700. The first-order chi connectivity index (χ1) is 19.4. The highest BCUT2D eigenvalue weighted by atomic mass is 35.5. The number of primary amides is 1. The van der Waals surface area contributed by atoms with Crippen molar-refractivity contribution in [2.75, 3.05) is 38.7 Å². The molecule has 10 nitrogen and oxygen atoms in total. The summed E-state index contributed by atoms with van der Waals surface area (Å²) >= 11 is 6.62. The Morgan fingerprint density at radius 1 is 1.30 bits per heavy atom. The monoisotopic (exact) mass is 566 g/mol. The molecule has 40 heavy (non-hydrogen) atoms. The lowest BCUT2D eigenvalue weighted by Crippen LogP contribution is -2.41. The first kappa shape index (κ1) is 27.0. The Balaban J connectivity index is 1.25. The van der Waals surface area contributed by atoms with Crippen molar-refractivity contribution in [1.29, 1.82) is 0 Å². The molecule has 0 spiro atoms. The van der Waals surface area contributed by atoms with Crippen LogP contribution < -0.4 is 15.8 Å². The van der Waals surface area contributed by atoms with Crippen molar-refractivity contribution in [1.82, 2.24) is 19.9 Å². The van der Waals surface area contributed by atoms with Gasteiger partial charge in [-0.2, -0.15) is 0 Å². The Morgan fingerprint density at radius 3 is 2.80 bits per heavy atom. The van der Waals surface area contributed by atoms with Gasteiger partial charge in [-0.25, -0.2) is 9.97 Å². The van der Waals surface area contributed by atoms with E-state index in [9.17, 15) is 9.90 Å². The summed E-state index contributed by atoms with van der Waals surface area (Å²) in [7, 11) is 1.65. The number of aliphatic hydroxyl groups excluding tert-OH is 2. The van der Waals surface area contributed by atoms with Crippen molar-refractivity contribution < 1.29 is 19.7 Å². The van der Waals surface area contributed by atoms with E-state index < -0.39 is 6.10 Å². The Hall–Kier alpha value is -3.18. The molecular weight excluding hydrogens is 532 g/mol. The standard InChI is InChI=1S/C29H35ClN6O4/c1-40-22-11-16(15-6-8-36(9-7-15)13-19(38)14-37)4-5-20(22)28-34-26-25(21(30)12-32-29(26)35-28)33-24-18-3-2-17(10-18)23(24)27(31)39/h2-5,11-12,15,17-19,23-24,37-38H,6-10,13-14H2,1H3,(H2,31,39)(H2,32,33,34,35)/t17-,18+,19?,23+,24-/m1/s1. The molecule has 212 valence electrons. The average molecular weight is 567 g/mol. The van der Waals surface area contributed by atoms with Crippen LogP contribution in [0.15, 0.2) is 36.5 Å². The Morgan fingerprint density at radius 2 is 2.08 bits per heavy atom. The second-order valence-electron chi connectivity index (χ2n) is 11.2. The summed E-state index contributed by atoms with van der Waals surface area (Å²) in [5.41, 5.74) is 9.63. The van der Waals surface area contributed by atoms with E-state index in [1.165, 1.54) is 5.56 Å². The molecule has 2 aromatic heterocycles. The lowest BCUT2D eigenvalue weighted by atomic mass is 9.88. The third kappa shape index (κ3) is 4.94. The zero-order chi connectivity index (χ0) is 28.0. The van der Waals surface area contributed by atoms with Crippen LogP contribution in [0.4, 0.5) is 5.69 Å². The molecule has 2 aliphatic carbocycles. The summed E-state index contributed by atoms with van der Waals surface area (Å²) in [4.78, 5) is 27.1. The van der Waals surface area contributed by atoms with Gasteiger partial charge in [-0.1, -0.05) is 29.8 Å². The summed E-state index contributed by atoms with van der Waals surface area (Å²) in [5, 5.41) is 22.9. The largest absolute Gasteiger partial charge is 0.496 e. The normalized spacial score (nSPS) is 25.5. The molecule has 6 N–H and O–H groups in total.